The summed E-state index contributed by atoms with van der Waals surface area (Å²) in [6.45, 7) is 0. The van der Waals surface area contributed by atoms with Crippen molar-refractivity contribution in [3.63, 3.8) is 0 Å². The van der Waals surface area contributed by atoms with Gasteiger partial charge in [-0.1, -0.05) is 41.0 Å². The number of nitrogens with zero attached hydrogens (tertiary/aromatic N) is 3. The molecule has 0 aliphatic rings. The molecule has 0 unspecified atom stereocenters. The summed E-state index contributed by atoms with van der Waals surface area (Å²) in [6.07, 6.45) is 3.18. The van der Waals surface area contributed by atoms with Gasteiger partial charge in [-0.05, 0) is 36.4 Å². The highest BCUT2D eigenvalue weighted by molar-refractivity contribution is 7.99. The van der Waals surface area contributed by atoms with E-state index in [0.717, 1.165) is 5.03 Å². The van der Waals surface area contributed by atoms with Crippen molar-refractivity contribution in [3.05, 3.63) is 65.2 Å². The summed E-state index contributed by atoms with van der Waals surface area (Å²) >= 11 is 12.9. The van der Waals surface area contributed by atoms with Crippen LogP contribution in [-0.2, 0) is 10.0 Å². The van der Waals surface area contributed by atoms with Gasteiger partial charge in [0.05, 0.1) is 5.69 Å². The van der Waals surface area contributed by atoms with Crippen LogP contribution < -0.4 is 4.72 Å². The number of hydrogen-bond acceptors (Lipinski definition) is 6. The van der Waals surface area contributed by atoms with Gasteiger partial charge in [0.15, 0.2) is 5.15 Å². The number of nitrogens with one attached hydrogen (secondary N) is 1. The van der Waals surface area contributed by atoms with Crippen LogP contribution in [0.2, 0.25) is 10.3 Å². The Morgan fingerprint density at radius 3 is 2.48 bits per heavy atom. The Morgan fingerprint density at radius 1 is 0.960 bits per heavy atom. The number of rotatable bonds is 5. The average molecular weight is 413 g/mol. The SMILES string of the molecule is O=S(=O)(Nc1ccnc(Sc2ccccn2)c1)c1ccc(Cl)nc1Cl. The molecule has 3 aromatic rings. The summed E-state index contributed by atoms with van der Waals surface area (Å²) in [5.41, 5.74) is 0.347. The zero-order valence-electron chi connectivity index (χ0n) is 12.4. The van der Waals surface area contributed by atoms with E-state index in [0.29, 0.717) is 10.7 Å². The van der Waals surface area contributed by atoms with Crippen molar-refractivity contribution in [2.24, 2.45) is 0 Å². The normalized spacial score (nSPS) is 11.3. The van der Waals surface area contributed by atoms with Gasteiger partial charge in [-0.25, -0.2) is 23.4 Å². The van der Waals surface area contributed by atoms with E-state index in [1.165, 1.54) is 36.2 Å². The maximum Gasteiger partial charge on any atom is 0.264 e. The molecule has 3 rings (SSSR count). The fraction of sp³-hybridized carbons (Fsp3) is 0. The largest absolute Gasteiger partial charge is 0.279 e. The van der Waals surface area contributed by atoms with E-state index in [4.69, 9.17) is 23.2 Å². The molecule has 1 N–H and O–H groups in total. The molecule has 0 aliphatic heterocycles. The minimum atomic E-state index is -3.91. The molecule has 0 atom stereocenters. The maximum absolute atomic E-state index is 12.5. The number of pyridine rings is 3. The number of anilines is 1. The Morgan fingerprint density at radius 2 is 1.76 bits per heavy atom. The molecule has 3 aromatic heterocycles. The number of aromatic nitrogens is 3. The van der Waals surface area contributed by atoms with E-state index in [9.17, 15) is 8.42 Å². The highest BCUT2D eigenvalue weighted by Crippen LogP contribution is 2.28. The monoisotopic (exact) mass is 412 g/mol. The molecule has 0 amide bonds. The van der Waals surface area contributed by atoms with Gasteiger partial charge < -0.3 is 0 Å². The van der Waals surface area contributed by atoms with Gasteiger partial charge in [0.1, 0.15) is 20.1 Å². The molecule has 3 heterocycles. The predicted molar refractivity (Wildman–Crippen MR) is 97.7 cm³/mol. The van der Waals surface area contributed by atoms with Crippen LogP contribution in [0.4, 0.5) is 5.69 Å². The van der Waals surface area contributed by atoms with Crippen molar-refractivity contribution in [1.29, 1.82) is 0 Å². The summed E-state index contributed by atoms with van der Waals surface area (Å²) in [5, 5.41) is 1.26. The molecule has 0 radical (unpaired) electrons. The molecule has 6 nitrogen and oxygen atoms in total. The Kier molecular flexibility index (Phi) is 5.43. The lowest BCUT2D eigenvalue weighted by molar-refractivity contribution is 0.601. The van der Waals surface area contributed by atoms with Gasteiger partial charge in [0.25, 0.3) is 10.0 Å². The number of halogens is 2. The van der Waals surface area contributed by atoms with Gasteiger partial charge in [0, 0.05) is 12.4 Å². The summed E-state index contributed by atoms with van der Waals surface area (Å²) in [6, 6.07) is 11.3. The van der Waals surface area contributed by atoms with Crippen molar-refractivity contribution < 1.29 is 8.42 Å². The van der Waals surface area contributed by atoms with Crippen molar-refractivity contribution in [3.8, 4) is 0 Å². The molecule has 0 bridgehead atoms. The maximum atomic E-state index is 12.5. The van der Waals surface area contributed by atoms with Gasteiger partial charge in [0.2, 0.25) is 0 Å². The van der Waals surface area contributed by atoms with Crippen LogP contribution in [-0.4, -0.2) is 23.4 Å². The summed E-state index contributed by atoms with van der Waals surface area (Å²) in [4.78, 5) is 12.0. The smallest absolute Gasteiger partial charge is 0.264 e. The molecule has 128 valence electrons. The second kappa shape index (κ2) is 7.57. The predicted octanol–water partition coefficient (Wildman–Crippen LogP) is 4.13. The third kappa shape index (κ3) is 4.60. The minimum absolute atomic E-state index is 0.113. The fourth-order valence-electron chi connectivity index (χ4n) is 1.85. The third-order valence-electron chi connectivity index (χ3n) is 2.90. The highest BCUT2D eigenvalue weighted by atomic mass is 35.5. The Labute approximate surface area is 158 Å². The van der Waals surface area contributed by atoms with E-state index < -0.39 is 10.0 Å². The molecule has 0 aromatic carbocycles. The Hall–Kier alpha value is -1.87. The first-order valence-electron chi connectivity index (χ1n) is 6.84. The van der Waals surface area contributed by atoms with E-state index in [1.54, 1.807) is 12.3 Å². The third-order valence-corrected chi connectivity index (χ3v) is 5.81. The van der Waals surface area contributed by atoms with Crippen LogP contribution in [0.25, 0.3) is 0 Å². The summed E-state index contributed by atoms with van der Waals surface area (Å²) in [5.74, 6) is 0. The number of sulfonamides is 1. The minimum Gasteiger partial charge on any atom is -0.279 e. The van der Waals surface area contributed by atoms with Crippen molar-refractivity contribution in [1.82, 2.24) is 15.0 Å². The fourth-order valence-corrected chi connectivity index (χ4v) is 4.34. The van der Waals surface area contributed by atoms with E-state index in [-0.39, 0.29) is 15.2 Å². The second-order valence-electron chi connectivity index (χ2n) is 4.68. The van der Waals surface area contributed by atoms with E-state index in [1.807, 2.05) is 18.2 Å². The molecular formula is C15H10Cl2N4O2S2. The lowest BCUT2D eigenvalue weighted by Crippen LogP contribution is -2.14. The topological polar surface area (TPSA) is 84.8 Å². The first-order chi connectivity index (χ1) is 11.9. The zero-order valence-corrected chi connectivity index (χ0v) is 15.6. The van der Waals surface area contributed by atoms with Gasteiger partial charge in [-0.2, -0.15) is 0 Å². The Balaban J connectivity index is 1.84. The molecule has 0 saturated heterocycles. The van der Waals surface area contributed by atoms with Gasteiger partial charge in [-0.15, -0.1) is 0 Å². The van der Waals surface area contributed by atoms with Crippen LogP contribution in [0.3, 0.4) is 0 Å². The quantitative estimate of drug-likeness (QED) is 0.634. The van der Waals surface area contributed by atoms with E-state index >= 15 is 0 Å². The molecule has 10 heteroatoms. The first kappa shape index (κ1) is 17.9. The van der Waals surface area contributed by atoms with Crippen LogP contribution in [0.5, 0.6) is 0 Å². The Bertz CT molecular complexity index is 1000. The summed E-state index contributed by atoms with van der Waals surface area (Å²) < 4.78 is 27.4. The summed E-state index contributed by atoms with van der Waals surface area (Å²) in [7, 11) is -3.91. The lowest BCUT2D eigenvalue weighted by atomic mass is 10.4. The average Bonchev–Trinajstić information content (AvgIpc) is 2.55. The van der Waals surface area contributed by atoms with Crippen LogP contribution in [0, 0.1) is 0 Å². The molecular weight excluding hydrogens is 403 g/mol. The van der Waals surface area contributed by atoms with Crippen LogP contribution >= 0.6 is 35.0 Å². The first-order valence-corrected chi connectivity index (χ1v) is 9.89. The van der Waals surface area contributed by atoms with Crippen LogP contribution in [0.15, 0.2) is 69.8 Å². The molecule has 0 saturated carbocycles. The molecule has 0 fully saturated rings. The van der Waals surface area contributed by atoms with Gasteiger partial charge in [-0.3, -0.25) is 4.72 Å². The van der Waals surface area contributed by atoms with Gasteiger partial charge >= 0.3 is 0 Å². The molecule has 0 spiro atoms. The van der Waals surface area contributed by atoms with Crippen LogP contribution in [0.1, 0.15) is 0 Å². The van der Waals surface area contributed by atoms with Crippen molar-refractivity contribution in [2.45, 2.75) is 14.9 Å². The molecule has 25 heavy (non-hydrogen) atoms. The molecule has 0 aliphatic carbocycles. The zero-order chi connectivity index (χ0) is 17.9. The lowest BCUT2D eigenvalue weighted by Gasteiger charge is -2.10. The van der Waals surface area contributed by atoms with Crippen molar-refractivity contribution >= 4 is 50.7 Å². The highest BCUT2D eigenvalue weighted by Gasteiger charge is 2.19. The standard InChI is InChI=1S/C15H10Cl2N4O2S2/c16-12-5-4-11(15(17)20-12)25(22,23)21-10-6-8-19-14(9-10)24-13-3-1-2-7-18-13/h1-9H,(H,19,21). The number of hydrogen-bond donors (Lipinski definition) is 1. The van der Waals surface area contributed by atoms with Crippen molar-refractivity contribution in [2.75, 3.05) is 4.72 Å². The second-order valence-corrected chi connectivity index (χ2v) is 8.12. The van der Waals surface area contributed by atoms with E-state index in [2.05, 4.69) is 19.7 Å².